The van der Waals surface area contributed by atoms with Gasteiger partial charge in [-0.3, -0.25) is 4.99 Å². The summed E-state index contributed by atoms with van der Waals surface area (Å²) < 4.78 is 52.3. The molecule has 1 aliphatic rings. The number of aromatic nitrogens is 1. The molecule has 3 rings (SSSR count). The second-order valence-electron chi connectivity index (χ2n) is 6.63. The number of hydrogen-bond donors (Lipinski definition) is 2. The predicted octanol–water partition coefficient (Wildman–Crippen LogP) is 2.20. The third-order valence-electron chi connectivity index (χ3n) is 4.63. The Hall–Kier alpha value is -2.02. The highest BCUT2D eigenvalue weighted by Gasteiger charge is 2.26. The molecule has 30 heavy (non-hydrogen) atoms. The molecule has 2 aromatic rings. The van der Waals surface area contributed by atoms with Gasteiger partial charge in [-0.05, 0) is 30.7 Å². The molecule has 1 aliphatic heterocycles. The van der Waals surface area contributed by atoms with Crippen molar-refractivity contribution in [1.82, 2.24) is 15.6 Å². The van der Waals surface area contributed by atoms with Gasteiger partial charge in [-0.25, -0.2) is 22.2 Å². The zero-order valence-electron chi connectivity index (χ0n) is 16.4. The van der Waals surface area contributed by atoms with E-state index in [9.17, 15) is 17.2 Å². The molecule has 0 bridgehead atoms. The largest absolute Gasteiger partial charge is 0.355 e. The highest BCUT2D eigenvalue weighted by atomic mass is 127. The fraction of sp³-hybridized carbons (Fsp3) is 0.368. The lowest BCUT2D eigenvalue weighted by molar-refractivity contribution is 0.566. The van der Waals surface area contributed by atoms with Crippen LogP contribution in [0.15, 0.2) is 52.5 Å². The number of hydrogen-bond acceptors (Lipinski definition) is 5. The summed E-state index contributed by atoms with van der Waals surface area (Å²) in [5.74, 6) is -0.653. The van der Waals surface area contributed by atoms with E-state index >= 15 is 0 Å². The average molecular weight is 551 g/mol. The standard InChI is InChI=1S/C19H23F2N5O2S.HI/c1-22-19(24-10-12-29(27,28)17-7-3-2-5-15(17)20)25-14-8-11-26(13-14)18-16(21)6-4-9-23-18;/h2-7,9,14H,8,10-13H2,1H3,(H2,22,24,25);1H. The van der Waals surface area contributed by atoms with Gasteiger partial charge in [0.25, 0.3) is 0 Å². The zero-order chi connectivity index (χ0) is 20.9. The van der Waals surface area contributed by atoms with Gasteiger partial charge in [-0.2, -0.15) is 0 Å². The number of rotatable bonds is 6. The van der Waals surface area contributed by atoms with Crippen LogP contribution in [0.4, 0.5) is 14.6 Å². The van der Waals surface area contributed by atoms with Crippen molar-refractivity contribution in [3.05, 3.63) is 54.2 Å². The Kier molecular flexibility index (Phi) is 8.77. The number of guanidine groups is 1. The molecule has 1 aromatic heterocycles. The minimum Gasteiger partial charge on any atom is -0.355 e. The molecule has 0 radical (unpaired) electrons. The normalized spacial score (nSPS) is 16.8. The summed E-state index contributed by atoms with van der Waals surface area (Å²) in [4.78, 5) is 9.72. The molecule has 2 heterocycles. The molecule has 0 aliphatic carbocycles. The molecule has 1 aromatic carbocycles. The Morgan fingerprint density at radius 3 is 2.67 bits per heavy atom. The van der Waals surface area contributed by atoms with Crippen molar-refractivity contribution in [3.63, 3.8) is 0 Å². The third kappa shape index (κ3) is 6.00. The van der Waals surface area contributed by atoms with E-state index in [4.69, 9.17) is 0 Å². The van der Waals surface area contributed by atoms with Gasteiger partial charge in [0.1, 0.15) is 10.7 Å². The Morgan fingerprint density at radius 1 is 1.23 bits per heavy atom. The number of benzene rings is 1. The first-order valence-electron chi connectivity index (χ1n) is 9.20. The second kappa shape index (κ2) is 10.8. The number of halogens is 3. The second-order valence-corrected chi connectivity index (χ2v) is 8.71. The molecule has 0 amide bonds. The first-order chi connectivity index (χ1) is 13.9. The SMILES string of the molecule is CN=C(NCCS(=O)(=O)c1ccccc1F)NC1CCN(c2ncccc2F)C1.I. The van der Waals surface area contributed by atoms with Crippen LogP contribution in [0.3, 0.4) is 0 Å². The molecule has 1 fully saturated rings. The van der Waals surface area contributed by atoms with Crippen molar-refractivity contribution in [2.75, 3.05) is 37.3 Å². The molecule has 7 nitrogen and oxygen atoms in total. The number of sulfone groups is 1. The maximum Gasteiger partial charge on any atom is 0.191 e. The molecular weight excluding hydrogens is 527 g/mol. The highest BCUT2D eigenvalue weighted by molar-refractivity contribution is 14.0. The topological polar surface area (TPSA) is 86.7 Å². The molecule has 1 unspecified atom stereocenters. The monoisotopic (exact) mass is 551 g/mol. The average Bonchev–Trinajstić information content (AvgIpc) is 3.16. The van der Waals surface area contributed by atoms with Crippen molar-refractivity contribution in [3.8, 4) is 0 Å². The van der Waals surface area contributed by atoms with E-state index in [0.717, 1.165) is 12.5 Å². The van der Waals surface area contributed by atoms with Crippen LogP contribution >= 0.6 is 24.0 Å². The summed E-state index contributed by atoms with van der Waals surface area (Å²) in [7, 11) is -2.17. The van der Waals surface area contributed by atoms with E-state index in [-0.39, 0.29) is 53.0 Å². The van der Waals surface area contributed by atoms with Crippen molar-refractivity contribution < 1.29 is 17.2 Å². The summed E-state index contributed by atoms with van der Waals surface area (Å²) in [6, 6.07) is 8.23. The molecule has 0 saturated carbocycles. The van der Waals surface area contributed by atoms with Crippen LogP contribution in [-0.4, -0.2) is 57.8 Å². The van der Waals surface area contributed by atoms with Crippen LogP contribution in [-0.2, 0) is 9.84 Å². The number of pyridine rings is 1. The molecule has 1 saturated heterocycles. The molecular formula is C19H24F2IN5O2S. The summed E-state index contributed by atoms with van der Waals surface area (Å²) in [6.07, 6.45) is 2.31. The maximum atomic E-state index is 13.9. The van der Waals surface area contributed by atoms with E-state index in [1.807, 2.05) is 4.90 Å². The first kappa shape index (κ1) is 24.3. The van der Waals surface area contributed by atoms with Gasteiger partial charge in [0.2, 0.25) is 0 Å². The zero-order valence-corrected chi connectivity index (χ0v) is 19.5. The summed E-state index contributed by atoms with van der Waals surface area (Å²) in [6.45, 7) is 1.26. The quantitative estimate of drug-likeness (QED) is 0.326. The molecule has 2 N–H and O–H groups in total. The fourth-order valence-corrected chi connectivity index (χ4v) is 4.42. The number of aliphatic imine (C=N–C) groups is 1. The van der Waals surface area contributed by atoms with Crippen LogP contribution < -0.4 is 15.5 Å². The summed E-state index contributed by atoms with van der Waals surface area (Å²) in [5.41, 5.74) is 0. The lowest BCUT2D eigenvalue weighted by atomic mass is 10.3. The van der Waals surface area contributed by atoms with E-state index in [2.05, 4.69) is 20.6 Å². The van der Waals surface area contributed by atoms with E-state index < -0.39 is 15.7 Å². The van der Waals surface area contributed by atoms with Gasteiger partial charge < -0.3 is 15.5 Å². The molecule has 11 heteroatoms. The van der Waals surface area contributed by atoms with E-state index in [0.29, 0.717) is 24.9 Å². The van der Waals surface area contributed by atoms with E-state index in [1.54, 1.807) is 19.3 Å². The maximum absolute atomic E-state index is 13.9. The van der Waals surface area contributed by atoms with Crippen LogP contribution in [0, 0.1) is 11.6 Å². The number of nitrogens with zero attached hydrogens (tertiary/aromatic N) is 3. The predicted molar refractivity (Wildman–Crippen MR) is 123 cm³/mol. The van der Waals surface area contributed by atoms with Crippen LogP contribution in [0.2, 0.25) is 0 Å². The Balaban J connectivity index is 0.00000320. The minimum atomic E-state index is -3.75. The number of anilines is 1. The van der Waals surface area contributed by atoms with Gasteiger partial charge in [-0.15, -0.1) is 24.0 Å². The van der Waals surface area contributed by atoms with Gasteiger partial charge in [0, 0.05) is 38.9 Å². The fourth-order valence-electron chi connectivity index (χ4n) is 3.18. The molecule has 0 spiro atoms. The highest BCUT2D eigenvalue weighted by Crippen LogP contribution is 2.20. The van der Waals surface area contributed by atoms with Crippen LogP contribution in [0.25, 0.3) is 0 Å². The minimum absolute atomic E-state index is 0. The van der Waals surface area contributed by atoms with Gasteiger partial charge >= 0.3 is 0 Å². The van der Waals surface area contributed by atoms with Crippen LogP contribution in [0.5, 0.6) is 0 Å². The summed E-state index contributed by atoms with van der Waals surface area (Å²) >= 11 is 0. The van der Waals surface area contributed by atoms with Crippen molar-refractivity contribution in [2.24, 2.45) is 4.99 Å². The van der Waals surface area contributed by atoms with Crippen molar-refractivity contribution in [2.45, 2.75) is 17.4 Å². The van der Waals surface area contributed by atoms with Gasteiger partial charge in [0.05, 0.1) is 5.75 Å². The van der Waals surface area contributed by atoms with Crippen molar-refractivity contribution >= 4 is 45.6 Å². The summed E-state index contributed by atoms with van der Waals surface area (Å²) in [5, 5.41) is 6.14. The first-order valence-corrected chi connectivity index (χ1v) is 10.9. The van der Waals surface area contributed by atoms with E-state index in [1.165, 1.54) is 24.3 Å². The van der Waals surface area contributed by atoms with Gasteiger partial charge in [0.15, 0.2) is 27.4 Å². The Bertz CT molecular complexity index is 990. The number of nitrogens with one attached hydrogen (secondary N) is 2. The van der Waals surface area contributed by atoms with Crippen LogP contribution in [0.1, 0.15) is 6.42 Å². The lowest BCUT2D eigenvalue weighted by Gasteiger charge is -2.20. The molecule has 1 atom stereocenters. The third-order valence-corrected chi connectivity index (χ3v) is 6.37. The Labute approximate surface area is 191 Å². The van der Waals surface area contributed by atoms with Crippen molar-refractivity contribution in [1.29, 1.82) is 0 Å². The van der Waals surface area contributed by atoms with Gasteiger partial charge in [-0.1, -0.05) is 12.1 Å². The Morgan fingerprint density at radius 2 is 1.97 bits per heavy atom. The molecule has 164 valence electrons. The smallest absolute Gasteiger partial charge is 0.191 e. The lowest BCUT2D eigenvalue weighted by Crippen LogP contribution is -2.45.